The van der Waals surface area contributed by atoms with Crippen LogP contribution in [-0.2, 0) is 0 Å². The van der Waals surface area contributed by atoms with E-state index in [2.05, 4.69) is 16.9 Å². The third-order valence-electron chi connectivity index (χ3n) is 1.68. The Morgan fingerprint density at radius 2 is 2.08 bits per heavy atom. The molecule has 2 N–H and O–H groups in total. The summed E-state index contributed by atoms with van der Waals surface area (Å²) in [6, 6.07) is 0. The topological polar surface area (TPSA) is 61.0 Å². The third kappa shape index (κ3) is 3.27. The van der Waals surface area contributed by atoms with Crippen LogP contribution in [0, 0.1) is 0 Å². The molecular weight excluding hydrogens is 166 g/mol. The standard InChI is InChI=1S/C9H15N3O/c1-2-3-4-7-13-9-8(10)11-5-6-12-9/h5-6H,2-4,7H2,1H3,(H2,10,11). The maximum atomic E-state index is 5.54. The minimum Gasteiger partial charge on any atom is -0.475 e. The number of unbranched alkanes of at least 4 members (excludes halogenated alkanes) is 2. The second-order valence-corrected chi connectivity index (χ2v) is 2.80. The molecule has 1 heterocycles. The van der Waals surface area contributed by atoms with Crippen molar-refractivity contribution in [2.45, 2.75) is 26.2 Å². The Morgan fingerprint density at radius 1 is 1.31 bits per heavy atom. The summed E-state index contributed by atoms with van der Waals surface area (Å²) in [5.74, 6) is 0.803. The molecule has 1 rings (SSSR count). The van der Waals surface area contributed by atoms with Crippen LogP contribution < -0.4 is 10.5 Å². The molecule has 0 aromatic carbocycles. The number of anilines is 1. The number of hydrogen-bond acceptors (Lipinski definition) is 4. The highest BCUT2D eigenvalue weighted by Crippen LogP contribution is 2.12. The van der Waals surface area contributed by atoms with E-state index in [4.69, 9.17) is 10.5 Å². The Labute approximate surface area is 78.1 Å². The predicted molar refractivity (Wildman–Crippen MR) is 51.5 cm³/mol. The zero-order valence-electron chi connectivity index (χ0n) is 7.86. The van der Waals surface area contributed by atoms with Gasteiger partial charge in [0.15, 0.2) is 5.82 Å². The van der Waals surface area contributed by atoms with Crippen LogP contribution in [0.15, 0.2) is 12.4 Å². The van der Waals surface area contributed by atoms with Crippen molar-refractivity contribution in [3.05, 3.63) is 12.4 Å². The second kappa shape index (κ2) is 5.35. The summed E-state index contributed by atoms with van der Waals surface area (Å²) >= 11 is 0. The van der Waals surface area contributed by atoms with Gasteiger partial charge in [0.25, 0.3) is 5.88 Å². The van der Waals surface area contributed by atoms with Gasteiger partial charge in [-0.25, -0.2) is 9.97 Å². The van der Waals surface area contributed by atoms with E-state index in [9.17, 15) is 0 Å². The number of nitrogen functional groups attached to an aromatic ring is 1. The van der Waals surface area contributed by atoms with Crippen LogP contribution in [0.5, 0.6) is 5.88 Å². The summed E-state index contributed by atoms with van der Waals surface area (Å²) in [7, 11) is 0. The summed E-state index contributed by atoms with van der Waals surface area (Å²) in [4.78, 5) is 7.83. The molecule has 0 saturated carbocycles. The van der Waals surface area contributed by atoms with Crippen molar-refractivity contribution in [3.63, 3.8) is 0 Å². The molecule has 0 atom stereocenters. The first-order valence-electron chi connectivity index (χ1n) is 4.54. The second-order valence-electron chi connectivity index (χ2n) is 2.80. The Morgan fingerprint density at radius 3 is 2.77 bits per heavy atom. The molecule has 0 fully saturated rings. The highest BCUT2D eigenvalue weighted by atomic mass is 16.5. The van der Waals surface area contributed by atoms with Crippen LogP contribution in [0.4, 0.5) is 5.82 Å². The average molecular weight is 181 g/mol. The molecule has 13 heavy (non-hydrogen) atoms. The fraction of sp³-hybridized carbons (Fsp3) is 0.556. The van der Waals surface area contributed by atoms with E-state index >= 15 is 0 Å². The predicted octanol–water partition coefficient (Wildman–Crippen LogP) is 1.63. The Bertz CT molecular complexity index is 252. The molecule has 0 saturated heterocycles. The van der Waals surface area contributed by atoms with E-state index in [1.54, 1.807) is 12.4 Å². The van der Waals surface area contributed by atoms with E-state index in [0.717, 1.165) is 6.42 Å². The van der Waals surface area contributed by atoms with Gasteiger partial charge in [0.1, 0.15) is 0 Å². The van der Waals surface area contributed by atoms with E-state index in [1.165, 1.54) is 12.8 Å². The first-order valence-corrected chi connectivity index (χ1v) is 4.54. The molecule has 0 aliphatic heterocycles. The quantitative estimate of drug-likeness (QED) is 0.701. The monoisotopic (exact) mass is 181 g/mol. The SMILES string of the molecule is CCCCCOc1nccnc1N. The van der Waals surface area contributed by atoms with Crippen molar-refractivity contribution < 1.29 is 4.74 Å². The molecule has 72 valence electrons. The molecule has 0 aliphatic carbocycles. The van der Waals surface area contributed by atoms with Gasteiger partial charge in [0, 0.05) is 12.4 Å². The summed E-state index contributed by atoms with van der Waals surface area (Å²) in [5.41, 5.74) is 5.54. The van der Waals surface area contributed by atoms with Crippen molar-refractivity contribution in [2.24, 2.45) is 0 Å². The van der Waals surface area contributed by atoms with E-state index in [0.29, 0.717) is 18.3 Å². The summed E-state index contributed by atoms with van der Waals surface area (Å²) in [6.07, 6.45) is 6.51. The molecule has 0 bridgehead atoms. The van der Waals surface area contributed by atoms with Crippen LogP contribution >= 0.6 is 0 Å². The van der Waals surface area contributed by atoms with Crippen molar-refractivity contribution in [2.75, 3.05) is 12.3 Å². The first-order chi connectivity index (χ1) is 6.34. The van der Waals surface area contributed by atoms with Crippen molar-refractivity contribution >= 4 is 5.82 Å². The normalized spacial score (nSPS) is 9.92. The fourth-order valence-electron chi connectivity index (χ4n) is 0.968. The van der Waals surface area contributed by atoms with Crippen LogP contribution in [0.25, 0.3) is 0 Å². The number of ether oxygens (including phenoxy) is 1. The van der Waals surface area contributed by atoms with E-state index < -0.39 is 0 Å². The summed E-state index contributed by atoms with van der Waals surface area (Å²) in [5, 5.41) is 0. The Kier molecular flexibility index (Phi) is 4.02. The lowest BCUT2D eigenvalue weighted by molar-refractivity contribution is 0.295. The van der Waals surface area contributed by atoms with Crippen molar-refractivity contribution in [3.8, 4) is 5.88 Å². The number of aromatic nitrogens is 2. The van der Waals surface area contributed by atoms with Crippen LogP contribution in [0.1, 0.15) is 26.2 Å². The van der Waals surface area contributed by atoms with Crippen LogP contribution in [0.3, 0.4) is 0 Å². The maximum absolute atomic E-state index is 5.54. The van der Waals surface area contributed by atoms with E-state index in [-0.39, 0.29) is 0 Å². The highest BCUT2D eigenvalue weighted by Gasteiger charge is 2.00. The smallest absolute Gasteiger partial charge is 0.257 e. The molecule has 1 aromatic heterocycles. The number of rotatable bonds is 5. The van der Waals surface area contributed by atoms with Gasteiger partial charge in [0.05, 0.1) is 6.61 Å². The Hall–Kier alpha value is -1.32. The lowest BCUT2D eigenvalue weighted by Crippen LogP contribution is -2.03. The zero-order valence-corrected chi connectivity index (χ0v) is 7.86. The highest BCUT2D eigenvalue weighted by molar-refractivity contribution is 5.38. The molecule has 0 spiro atoms. The van der Waals surface area contributed by atoms with Crippen LogP contribution in [-0.4, -0.2) is 16.6 Å². The molecule has 0 amide bonds. The third-order valence-corrected chi connectivity index (χ3v) is 1.68. The summed E-state index contributed by atoms with van der Waals surface area (Å²) in [6.45, 7) is 2.81. The minimum atomic E-state index is 0.360. The van der Waals surface area contributed by atoms with Crippen LogP contribution in [0.2, 0.25) is 0 Å². The van der Waals surface area contributed by atoms with E-state index in [1.807, 2.05) is 0 Å². The number of nitrogens with two attached hydrogens (primary N) is 1. The van der Waals surface area contributed by atoms with Gasteiger partial charge in [0.2, 0.25) is 0 Å². The largest absolute Gasteiger partial charge is 0.475 e. The Balaban J connectivity index is 2.32. The number of nitrogens with zero attached hydrogens (tertiary/aromatic N) is 2. The molecular formula is C9H15N3O. The van der Waals surface area contributed by atoms with Gasteiger partial charge in [-0.15, -0.1) is 0 Å². The zero-order chi connectivity index (χ0) is 9.52. The lowest BCUT2D eigenvalue weighted by Gasteiger charge is -2.05. The maximum Gasteiger partial charge on any atom is 0.257 e. The first kappa shape index (κ1) is 9.77. The number of hydrogen-bond donors (Lipinski definition) is 1. The minimum absolute atomic E-state index is 0.360. The van der Waals surface area contributed by atoms with Crippen molar-refractivity contribution in [1.29, 1.82) is 0 Å². The van der Waals surface area contributed by atoms with Gasteiger partial charge in [-0.05, 0) is 6.42 Å². The molecule has 0 unspecified atom stereocenters. The van der Waals surface area contributed by atoms with Gasteiger partial charge >= 0.3 is 0 Å². The van der Waals surface area contributed by atoms with Gasteiger partial charge in [-0.1, -0.05) is 19.8 Å². The van der Waals surface area contributed by atoms with Gasteiger partial charge in [-0.2, -0.15) is 0 Å². The van der Waals surface area contributed by atoms with Crippen molar-refractivity contribution in [1.82, 2.24) is 9.97 Å². The molecule has 0 radical (unpaired) electrons. The van der Waals surface area contributed by atoms with Gasteiger partial charge < -0.3 is 10.5 Å². The summed E-state index contributed by atoms with van der Waals surface area (Å²) < 4.78 is 5.34. The fourth-order valence-corrected chi connectivity index (χ4v) is 0.968. The molecule has 1 aromatic rings. The van der Waals surface area contributed by atoms with Gasteiger partial charge in [-0.3, -0.25) is 0 Å². The molecule has 4 heteroatoms. The molecule has 4 nitrogen and oxygen atoms in total. The average Bonchev–Trinajstić information content (AvgIpc) is 2.15. The lowest BCUT2D eigenvalue weighted by atomic mass is 10.3. The molecule has 0 aliphatic rings.